The topological polar surface area (TPSA) is 30.3 Å². The molecule has 0 saturated heterocycles. The van der Waals surface area contributed by atoms with Gasteiger partial charge in [0.1, 0.15) is 0 Å². The highest BCUT2D eigenvalue weighted by Gasteiger charge is 2.39. The fourth-order valence-electron chi connectivity index (χ4n) is 3.12. The maximum absolute atomic E-state index is 9.42. The first kappa shape index (κ1) is 15.0. The molecule has 0 amide bonds. The fourth-order valence-corrected chi connectivity index (χ4v) is 3.12. The monoisotopic (exact) mass is 271 g/mol. The van der Waals surface area contributed by atoms with E-state index in [1.54, 1.807) is 0 Å². The summed E-state index contributed by atoms with van der Waals surface area (Å²) in [6.45, 7) is 1.85. The van der Waals surface area contributed by atoms with E-state index in [4.69, 9.17) is 0 Å². The Morgan fingerprint density at radius 3 is 2.30 bits per heavy atom. The lowest BCUT2D eigenvalue weighted by atomic mass is 9.75. The lowest BCUT2D eigenvalue weighted by molar-refractivity contribution is 0.0274. The summed E-state index contributed by atoms with van der Waals surface area (Å²) in [5.74, 6) is -0.0412. The van der Waals surface area contributed by atoms with Gasteiger partial charge < -0.3 is 9.80 Å². The van der Waals surface area contributed by atoms with Crippen LogP contribution in [0.1, 0.15) is 30.7 Å². The maximum atomic E-state index is 9.42. The SMILES string of the molecule is CN(CC(C#N)c1ccccc1)CC1(N(C)C)CCC1. The quantitative estimate of drug-likeness (QED) is 0.797. The minimum Gasteiger partial charge on any atom is -0.303 e. The molecule has 1 aromatic rings. The third-order valence-electron chi connectivity index (χ3n) is 4.65. The van der Waals surface area contributed by atoms with E-state index in [0.717, 1.165) is 18.7 Å². The molecule has 108 valence electrons. The number of hydrogen-bond acceptors (Lipinski definition) is 3. The second-order valence-electron chi connectivity index (χ2n) is 6.26. The Kier molecular flexibility index (Phi) is 4.80. The van der Waals surface area contributed by atoms with Crippen LogP contribution < -0.4 is 0 Å². The molecule has 1 unspecified atom stereocenters. The second-order valence-corrected chi connectivity index (χ2v) is 6.26. The summed E-state index contributed by atoms with van der Waals surface area (Å²) in [5, 5.41) is 9.42. The van der Waals surface area contributed by atoms with Crippen molar-refractivity contribution in [2.24, 2.45) is 0 Å². The Bertz CT molecular complexity index is 457. The van der Waals surface area contributed by atoms with Crippen molar-refractivity contribution in [3.05, 3.63) is 35.9 Å². The van der Waals surface area contributed by atoms with E-state index in [1.165, 1.54) is 19.3 Å². The van der Waals surface area contributed by atoms with E-state index in [2.05, 4.69) is 37.0 Å². The lowest BCUT2D eigenvalue weighted by Gasteiger charge is -2.49. The van der Waals surface area contributed by atoms with Crippen LogP contribution in [-0.4, -0.2) is 49.6 Å². The van der Waals surface area contributed by atoms with Gasteiger partial charge in [-0.05, 0) is 46.0 Å². The van der Waals surface area contributed by atoms with Gasteiger partial charge in [-0.15, -0.1) is 0 Å². The van der Waals surface area contributed by atoms with Crippen LogP contribution in [0.3, 0.4) is 0 Å². The number of nitriles is 1. The summed E-state index contributed by atoms with van der Waals surface area (Å²) in [4.78, 5) is 4.68. The van der Waals surface area contributed by atoms with Crippen LogP contribution >= 0.6 is 0 Å². The maximum Gasteiger partial charge on any atom is 0.0839 e. The molecule has 3 heteroatoms. The van der Waals surface area contributed by atoms with Crippen LogP contribution in [-0.2, 0) is 0 Å². The highest BCUT2D eigenvalue weighted by atomic mass is 15.2. The smallest absolute Gasteiger partial charge is 0.0839 e. The van der Waals surface area contributed by atoms with Gasteiger partial charge in [0.05, 0.1) is 12.0 Å². The number of hydrogen-bond donors (Lipinski definition) is 0. The average Bonchev–Trinajstić information content (AvgIpc) is 2.40. The Labute approximate surface area is 122 Å². The number of benzene rings is 1. The Morgan fingerprint density at radius 2 is 1.85 bits per heavy atom. The van der Waals surface area contributed by atoms with Crippen molar-refractivity contribution in [2.45, 2.75) is 30.7 Å². The van der Waals surface area contributed by atoms with Crippen LogP contribution in [0.4, 0.5) is 0 Å². The molecule has 0 N–H and O–H groups in total. The molecule has 1 aromatic carbocycles. The summed E-state index contributed by atoms with van der Waals surface area (Å²) >= 11 is 0. The summed E-state index contributed by atoms with van der Waals surface area (Å²) in [6.07, 6.45) is 3.87. The summed E-state index contributed by atoms with van der Waals surface area (Å²) < 4.78 is 0. The van der Waals surface area contributed by atoms with Crippen LogP contribution in [0, 0.1) is 11.3 Å². The molecule has 1 fully saturated rings. The molecule has 1 atom stereocenters. The van der Waals surface area contributed by atoms with Crippen molar-refractivity contribution in [1.82, 2.24) is 9.80 Å². The molecular weight excluding hydrogens is 246 g/mol. The van der Waals surface area contributed by atoms with Crippen molar-refractivity contribution in [1.29, 1.82) is 5.26 Å². The summed E-state index contributed by atoms with van der Waals surface area (Å²) in [6, 6.07) is 12.6. The number of nitrogens with zero attached hydrogens (tertiary/aromatic N) is 3. The van der Waals surface area contributed by atoms with Gasteiger partial charge in [0, 0.05) is 18.6 Å². The molecular formula is C17H25N3. The molecule has 1 aliphatic rings. The van der Waals surface area contributed by atoms with Crippen molar-refractivity contribution in [3.8, 4) is 6.07 Å². The predicted molar refractivity (Wildman–Crippen MR) is 82.6 cm³/mol. The average molecular weight is 271 g/mol. The molecule has 3 nitrogen and oxygen atoms in total. The molecule has 0 bridgehead atoms. The molecule has 1 saturated carbocycles. The third kappa shape index (κ3) is 3.20. The van der Waals surface area contributed by atoms with Gasteiger partial charge >= 0.3 is 0 Å². The minimum atomic E-state index is -0.0412. The minimum absolute atomic E-state index is 0.0412. The largest absolute Gasteiger partial charge is 0.303 e. The van der Waals surface area contributed by atoms with Gasteiger partial charge in [0.25, 0.3) is 0 Å². The second kappa shape index (κ2) is 6.39. The van der Waals surface area contributed by atoms with E-state index in [-0.39, 0.29) is 5.92 Å². The van der Waals surface area contributed by atoms with Crippen LogP contribution in [0.5, 0.6) is 0 Å². The van der Waals surface area contributed by atoms with E-state index in [9.17, 15) is 5.26 Å². The summed E-state index contributed by atoms with van der Waals surface area (Å²) in [5.41, 5.74) is 1.44. The van der Waals surface area contributed by atoms with Gasteiger partial charge in [0.15, 0.2) is 0 Å². The predicted octanol–water partition coefficient (Wildman–Crippen LogP) is 2.71. The van der Waals surface area contributed by atoms with Crippen LogP contribution in [0.2, 0.25) is 0 Å². The van der Waals surface area contributed by atoms with E-state index < -0.39 is 0 Å². The molecule has 0 heterocycles. The highest BCUT2D eigenvalue weighted by Crippen LogP contribution is 2.36. The standard InChI is InChI=1S/C17H25N3/c1-19(2)17(10-7-11-17)14-20(3)13-16(12-18)15-8-5-4-6-9-15/h4-6,8-9,16H,7,10-11,13-14H2,1-3H3. The van der Waals surface area contributed by atoms with E-state index in [0.29, 0.717) is 5.54 Å². The normalized spacial score (nSPS) is 18.6. The molecule has 1 aliphatic carbocycles. The number of rotatable bonds is 6. The molecule has 0 aromatic heterocycles. The zero-order chi connectivity index (χ0) is 14.6. The first-order valence-electron chi connectivity index (χ1n) is 7.38. The molecule has 0 radical (unpaired) electrons. The Hall–Kier alpha value is -1.37. The summed E-state index contributed by atoms with van der Waals surface area (Å²) in [7, 11) is 6.48. The molecule has 0 spiro atoms. The highest BCUT2D eigenvalue weighted by molar-refractivity contribution is 5.25. The van der Waals surface area contributed by atoms with E-state index in [1.807, 2.05) is 30.3 Å². The number of likely N-dealkylation sites (N-methyl/N-ethyl adjacent to an activating group) is 2. The Morgan fingerprint density at radius 1 is 1.20 bits per heavy atom. The zero-order valence-corrected chi connectivity index (χ0v) is 12.8. The van der Waals surface area contributed by atoms with Crippen LogP contribution in [0.15, 0.2) is 30.3 Å². The van der Waals surface area contributed by atoms with Crippen molar-refractivity contribution in [3.63, 3.8) is 0 Å². The van der Waals surface area contributed by atoms with Gasteiger partial charge in [-0.3, -0.25) is 0 Å². The first-order valence-corrected chi connectivity index (χ1v) is 7.38. The molecule has 0 aliphatic heterocycles. The Balaban J connectivity index is 1.97. The first-order chi connectivity index (χ1) is 9.57. The van der Waals surface area contributed by atoms with Crippen molar-refractivity contribution >= 4 is 0 Å². The van der Waals surface area contributed by atoms with E-state index >= 15 is 0 Å². The fraction of sp³-hybridized carbons (Fsp3) is 0.588. The van der Waals surface area contributed by atoms with Gasteiger partial charge in [0.2, 0.25) is 0 Å². The lowest BCUT2D eigenvalue weighted by Crippen LogP contribution is -2.57. The molecule has 20 heavy (non-hydrogen) atoms. The third-order valence-corrected chi connectivity index (χ3v) is 4.65. The van der Waals surface area contributed by atoms with Gasteiger partial charge in [-0.1, -0.05) is 30.3 Å². The molecule has 2 rings (SSSR count). The van der Waals surface area contributed by atoms with Crippen molar-refractivity contribution < 1.29 is 0 Å². The van der Waals surface area contributed by atoms with Gasteiger partial charge in [-0.25, -0.2) is 0 Å². The van der Waals surface area contributed by atoms with Crippen molar-refractivity contribution in [2.75, 3.05) is 34.2 Å². The van der Waals surface area contributed by atoms with Gasteiger partial charge in [-0.2, -0.15) is 5.26 Å². The zero-order valence-electron chi connectivity index (χ0n) is 12.8. The van der Waals surface area contributed by atoms with Crippen LogP contribution in [0.25, 0.3) is 0 Å².